The monoisotopic (exact) mass is 284 g/mol. The van der Waals surface area contributed by atoms with Gasteiger partial charge in [0.2, 0.25) is 0 Å². The minimum absolute atomic E-state index is 0.130. The number of hydrogen-bond acceptors (Lipinski definition) is 4. The molecule has 0 aromatic rings. The number of imide groups is 1. The van der Waals surface area contributed by atoms with Crippen LogP contribution in [0.2, 0.25) is 0 Å². The SMILES string of the molecule is CC(C)C(=O)O[C@@H](C)C(=O)NC(=O)NC1CCCCC1. The maximum Gasteiger partial charge on any atom is 0.321 e. The summed E-state index contributed by atoms with van der Waals surface area (Å²) in [5.41, 5.74) is 0. The van der Waals surface area contributed by atoms with Crippen molar-refractivity contribution in [2.45, 2.75) is 65.0 Å². The first-order chi connectivity index (χ1) is 9.40. The van der Waals surface area contributed by atoms with E-state index in [9.17, 15) is 14.4 Å². The van der Waals surface area contributed by atoms with E-state index < -0.39 is 24.0 Å². The minimum atomic E-state index is -0.970. The number of carbonyl (C=O) groups excluding carboxylic acids is 3. The summed E-state index contributed by atoms with van der Waals surface area (Å²) in [6.07, 6.45) is 4.31. The molecule has 3 amide bonds. The second-order valence-electron chi connectivity index (χ2n) is 5.53. The van der Waals surface area contributed by atoms with E-state index in [1.54, 1.807) is 13.8 Å². The Morgan fingerprint density at radius 3 is 2.20 bits per heavy atom. The third kappa shape index (κ3) is 5.59. The van der Waals surface area contributed by atoms with Crippen molar-refractivity contribution in [2.24, 2.45) is 5.92 Å². The first-order valence-electron chi connectivity index (χ1n) is 7.22. The Morgan fingerprint density at radius 2 is 1.65 bits per heavy atom. The van der Waals surface area contributed by atoms with Crippen molar-refractivity contribution in [3.63, 3.8) is 0 Å². The van der Waals surface area contributed by atoms with Gasteiger partial charge in [-0.05, 0) is 19.8 Å². The van der Waals surface area contributed by atoms with Crippen LogP contribution in [0.5, 0.6) is 0 Å². The molecule has 0 aromatic heterocycles. The van der Waals surface area contributed by atoms with Crippen LogP contribution >= 0.6 is 0 Å². The third-order valence-corrected chi connectivity index (χ3v) is 3.31. The fourth-order valence-corrected chi connectivity index (χ4v) is 2.05. The van der Waals surface area contributed by atoms with Gasteiger partial charge in [-0.15, -0.1) is 0 Å². The normalized spacial score (nSPS) is 17.4. The van der Waals surface area contributed by atoms with Crippen molar-refractivity contribution in [1.29, 1.82) is 0 Å². The van der Waals surface area contributed by atoms with Gasteiger partial charge in [-0.2, -0.15) is 0 Å². The van der Waals surface area contributed by atoms with Crippen LogP contribution in [0.15, 0.2) is 0 Å². The number of hydrogen-bond donors (Lipinski definition) is 2. The van der Waals surface area contributed by atoms with Crippen molar-refractivity contribution in [3.8, 4) is 0 Å². The van der Waals surface area contributed by atoms with Crippen LogP contribution < -0.4 is 10.6 Å². The number of rotatable bonds is 4. The van der Waals surface area contributed by atoms with E-state index in [-0.39, 0.29) is 12.0 Å². The quantitative estimate of drug-likeness (QED) is 0.770. The summed E-state index contributed by atoms with van der Waals surface area (Å²) in [7, 11) is 0. The van der Waals surface area contributed by atoms with Gasteiger partial charge in [0, 0.05) is 6.04 Å². The molecule has 2 N–H and O–H groups in total. The highest BCUT2D eigenvalue weighted by atomic mass is 16.5. The largest absolute Gasteiger partial charge is 0.452 e. The number of nitrogens with one attached hydrogen (secondary N) is 2. The van der Waals surface area contributed by atoms with Crippen molar-refractivity contribution in [2.75, 3.05) is 0 Å². The second-order valence-corrected chi connectivity index (χ2v) is 5.53. The molecule has 1 fully saturated rings. The molecule has 0 bridgehead atoms. The number of urea groups is 1. The average molecular weight is 284 g/mol. The van der Waals surface area contributed by atoms with Gasteiger partial charge in [-0.1, -0.05) is 33.1 Å². The molecule has 1 atom stereocenters. The molecular formula is C14H24N2O4. The van der Waals surface area contributed by atoms with E-state index in [0.717, 1.165) is 25.7 Å². The molecule has 1 rings (SSSR count). The summed E-state index contributed by atoms with van der Waals surface area (Å²) in [4.78, 5) is 34.7. The summed E-state index contributed by atoms with van der Waals surface area (Å²) in [6.45, 7) is 4.81. The van der Waals surface area contributed by atoms with Gasteiger partial charge in [0.05, 0.1) is 5.92 Å². The summed E-state index contributed by atoms with van der Waals surface area (Å²) in [5, 5.41) is 4.97. The lowest BCUT2D eigenvalue weighted by Crippen LogP contribution is -2.48. The van der Waals surface area contributed by atoms with Crippen molar-refractivity contribution in [3.05, 3.63) is 0 Å². The number of amides is 3. The van der Waals surface area contributed by atoms with Gasteiger partial charge in [-0.25, -0.2) is 4.79 Å². The second kappa shape index (κ2) is 7.87. The van der Waals surface area contributed by atoms with E-state index in [0.29, 0.717) is 0 Å². The van der Waals surface area contributed by atoms with Gasteiger partial charge < -0.3 is 10.1 Å². The first kappa shape index (κ1) is 16.5. The Kier molecular flexibility index (Phi) is 6.48. The van der Waals surface area contributed by atoms with Crippen molar-refractivity contribution >= 4 is 17.9 Å². The Hall–Kier alpha value is -1.59. The molecule has 114 valence electrons. The van der Waals surface area contributed by atoms with Crippen LogP contribution in [0, 0.1) is 5.92 Å². The summed E-state index contributed by atoms with van der Waals surface area (Å²) >= 11 is 0. The molecule has 6 nitrogen and oxygen atoms in total. The third-order valence-electron chi connectivity index (χ3n) is 3.31. The highest BCUT2D eigenvalue weighted by molar-refractivity contribution is 5.97. The molecule has 0 unspecified atom stereocenters. The highest BCUT2D eigenvalue weighted by Gasteiger charge is 2.22. The molecule has 0 radical (unpaired) electrons. The van der Waals surface area contributed by atoms with Crippen molar-refractivity contribution < 1.29 is 19.1 Å². The predicted octanol–water partition coefficient (Wildman–Crippen LogP) is 1.73. The lowest BCUT2D eigenvalue weighted by atomic mass is 9.96. The maximum absolute atomic E-state index is 11.7. The van der Waals surface area contributed by atoms with Gasteiger partial charge in [0.15, 0.2) is 6.10 Å². The zero-order valence-corrected chi connectivity index (χ0v) is 12.4. The molecule has 1 saturated carbocycles. The van der Waals surface area contributed by atoms with Gasteiger partial charge in [-0.3, -0.25) is 14.9 Å². The van der Waals surface area contributed by atoms with Crippen molar-refractivity contribution in [1.82, 2.24) is 10.6 Å². The zero-order valence-electron chi connectivity index (χ0n) is 12.4. The lowest BCUT2D eigenvalue weighted by Gasteiger charge is -2.23. The smallest absolute Gasteiger partial charge is 0.321 e. The van der Waals surface area contributed by atoms with Gasteiger partial charge in [0.25, 0.3) is 5.91 Å². The fraction of sp³-hybridized carbons (Fsp3) is 0.786. The Balaban J connectivity index is 2.32. The number of ether oxygens (including phenoxy) is 1. The topological polar surface area (TPSA) is 84.5 Å². The van der Waals surface area contributed by atoms with Gasteiger partial charge in [0.1, 0.15) is 0 Å². The molecule has 0 heterocycles. The lowest BCUT2D eigenvalue weighted by molar-refractivity contribution is -0.157. The molecule has 20 heavy (non-hydrogen) atoms. The number of carbonyl (C=O) groups is 3. The van der Waals surface area contributed by atoms with Crippen LogP contribution in [-0.4, -0.2) is 30.1 Å². The van der Waals surface area contributed by atoms with Crippen LogP contribution in [-0.2, 0) is 14.3 Å². The van der Waals surface area contributed by atoms with E-state index in [4.69, 9.17) is 4.74 Å². The average Bonchev–Trinajstić information content (AvgIpc) is 2.39. The van der Waals surface area contributed by atoms with Gasteiger partial charge >= 0.3 is 12.0 Å². The maximum atomic E-state index is 11.7. The zero-order chi connectivity index (χ0) is 15.1. The van der Waals surface area contributed by atoms with E-state index in [1.807, 2.05) is 0 Å². The Bertz CT molecular complexity index is 362. The number of esters is 1. The molecule has 6 heteroatoms. The molecule has 1 aliphatic rings. The molecule has 0 aliphatic heterocycles. The standard InChI is InChI=1S/C14H24N2O4/c1-9(2)13(18)20-10(3)12(17)16-14(19)15-11-7-5-4-6-8-11/h9-11H,4-8H2,1-3H3,(H2,15,16,17,19)/t10-/m0/s1. The predicted molar refractivity (Wildman–Crippen MR) is 73.9 cm³/mol. The molecule has 0 spiro atoms. The molecule has 0 aromatic carbocycles. The summed E-state index contributed by atoms with van der Waals surface area (Å²) in [6, 6.07) is -0.389. The van der Waals surface area contributed by atoms with E-state index in [2.05, 4.69) is 10.6 Å². The fourth-order valence-electron chi connectivity index (χ4n) is 2.05. The van der Waals surface area contributed by atoms with Crippen LogP contribution in [0.3, 0.4) is 0 Å². The Labute approximate surface area is 119 Å². The molecule has 1 aliphatic carbocycles. The molecular weight excluding hydrogens is 260 g/mol. The van der Waals surface area contributed by atoms with Crippen LogP contribution in [0.4, 0.5) is 4.79 Å². The Morgan fingerprint density at radius 1 is 1.05 bits per heavy atom. The first-order valence-corrected chi connectivity index (χ1v) is 7.22. The van der Waals surface area contributed by atoms with E-state index >= 15 is 0 Å². The minimum Gasteiger partial charge on any atom is -0.452 e. The van der Waals surface area contributed by atoms with Crippen LogP contribution in [0.1, 0.15) is 52.9 Å². The summed E-state index contributed by atoms with van der Waals surface area (Å²) < 4.78 is 4.93. The van der Waals surface area contributed by atoms with Crippen LogP contribution in [0.25, 0.3) is 0 Å². The van der Waals surface area contributed by atoms with E-state index in [1.165, 1.54) is 13.3 Å². The highest BCUT2D eigenvalue weighted by Crippen LogP contribution is 2.17. The summed E-state index contributed by atoms with van der Waals surface area (Å²) in [5.74, 6) is -1.37. The molecule has 0 saturated heterocycles.